The first-order valence-electron chi connectivity index (χ1n) is 2.35. The van der Waals surface area contributed by atoms with Gasteiger partial charge in [0.05, 0.1) is 10.2 Å². The number of hydrogen-bond acceptors (Lipinski definition) is 1. The summed E-state index contributed by atoms with van der Waals surface area (Å²) in [6, 6.07) is 0. The molecule has 0 aromatic heterocycles. The van der Waals surface area contributed by atoms with Crippen LogP contribution in [0.5, 0.6) is 0 Å². The Hall–Kier alpha value is 0.394. The summed E-state index contributed by atoms with van der Waals surface area (Å²) in [7, 11) is 2.03. The van der Waals surface area contributed by atoms with Gasteiger partial charge in [-0.1, -0.05) is 0 Å². The average Bonchev–Trinajstić information content (AvgIpc) is 1.30. The van der Waals surface area contributed by atoms with Crippen LogP contribution in [0.25, 0.3) is 0 Å². The highest BCUT2D eigenvalue weighted by Crippen LogP contribution is 1.99. The second-order valence-electron chi connectivity index (χ2n) is 2.40. The molecule has 0 spiro atoms. The highest BCUT2D eigenvalue weighted by molar-refractivity contribution is 6.69. The summed E-state index contributed by atoms with van der Waals surface area (Å²) in [5.41, 5.74) is 0. The molecule has 3 heteroatoms. The molecule has 0 aromatic rings. The van der Waals surface area contributed by atoms with Gasteiger partial charge in [0.15, 0.2) is 8.32 Å². The Bertz CT molecular complexity index is 48.1. The van der Waals surface area contributed by atoms with Crippen molar-refractivity contribution in [2.75, 3.05) is 6.23 Å². The van der Waals surface area contributed by atoms with E-state index < -0.39 is 8.32 Å². The van der Waals surface area contributed by atoms with Gasteiger partial charge in [-0.25, -0.2) is 0 Å². The molecule has 0 atom stereocenters. The average molecular weight is 131 g/mol. The Morgan fingerprint density at radius 1 is 1.43 bits per heavy atom. The molecule has 0 fully saturated rings. The van der Waals surface area contributed by atoms with Gasteiger partial charge in [-0.05, 0) is 19.6 Å². The van der Waals surface area contributed by atoms with Crippen molar-refractivity contribution in [3.8, 4) is 0 Å². The summed E-state index contributed by atoms with van der Waals surface area (Å²) in [5, 5.41) is 0. The molecule has 7 heavy (non-hydrogen) atoms. The zero-order valence-electron chi connectivity index (χ0n) is 5.12. The molecule has 0 N–H and O–H groups in total. The normalized spacial score (nSPS) is 12.0. The van der Waals surface area contributed by atoms with E-state index in [2.05, 4.69) is 29.9 Å². The van der Waals surface area contributed by atoms with E-state index >= 15 is 0 Å². The first kappa shape index (κ1) is 7.39. The summed E-state index contributed by atoms with van der Waals surface area (Å²) >= 11 is 0. The van der Waals surface area contributed by atoms with Gasteiger partial charge in [0.1, 0.15) is 0 Å². The van der Waals surface area contributed by atoms with E-state index in [1.807, 2.05) is 0 Å². The Morgan fingerprint density at radius 2 is 1.86 bits per heavy atom. The summed E-state index contributed by atoms with van der Waals surface area (Å²) < 4.78 is 5.28. The molecule has 0 amide bonds. The summed E-state index contributed by atoms with van der Waals surface area (Å²) in [6.45, 7) is 6.48. The van der Waals surface area contributed by atoms with Gasteiger partial charge in [-0.15, -0.1) is 0 Å². The fraction of sp³-hybridized carbons (Fsp3) is 1.00. The lowest BCUT2D eigenvalue weighted by Gasteiger charge is -2.14. The van der Waals surface area contributed by atoms with Crippen LogP contribution in [0.3, 0.4) is 0 Å². The fourth-order valence-corrected chi connectivity index (χ4v) is 1.95. The molecule has 0 aliphatic rings. The van der Waals surface area contributed by atoms with Gasteiger partial charge in [0.2, 0.25) is 0 Å². The van der Waals surface area contributed by atoms with Crippen molar-refractivity contribution in [1.82, 2.24) is 0 Å². The second-order valence-corrected chi connectivity index (χ2v) is 7.20. The van der Waals surface area contributed by atoms with Crippen LogP contribution in [0.2, 0.25) is 19.6 Å². The third kappa shape index (κ3) is 6.39. The van der Waals surface area contributed by atoms with Crippen LogP contribution in [0.1, 0.15) is 0 Å². The van der Waals surface area contributed by atoms with Crippen LogP contribution in [0, 0.1) is 0 Å². The summed E-state index contributed by atoms with van der Waals surface area (Å²) in [6.07, 6.45) is 0.676. The minimum absolute atomic E-state index is 0.676. The van der Waals surface area contributed by atoms with Crippen LogP contribution in [-0.2, 0) is 4.43 Å². The van der Waals surface area contributed by atoms with Crippen molar-refractivity contribution in [2.24, 2.45) is 0 Å². The quantitative estimate of drug-likeness (QED) is 0.507. The van der Waals surface area contributed by atoms with Crippen molar-refractivity contribution < 1.29 is 4.43 Å². The standard InChI is InChI=1S/C4H11OSi2/c1-7(2,3)5-4-6/h4H2,1-3H3. The van der Waals surface area contributed by atoms with Gasteiger partial charge >= 0.3 is 0 Å². The first-order chi connectivity index (χ1) is 3.06. The molecule has 41 valence electrons. The Balaban J connectivity index is 3.15. The van der Waals surface area contributed by atoms with E-state index in [1.54, 1.807) is 0 Å². The molecule has 0 unspecified atom stereocenters. The van der Waals surface area contributed by atoms with Crippen LogP contribution in [-0.4, -0.2) is 24.8 Å². The molecule has 0 heterocycles. The van der Waals surface area contributed by atoms with Crippen molar-refractivity contribution in [3.63, 3.8) is 0 Å². The molecule has 3 radical (unpaired) electrons. The van der Waals surface area contributed by atoms with E-state index in [0.717, 1.165) is 0 Å². The summed E-state index contributed by atoms with van der Waals surface area (Å²) in [5.74, 6) is 0. The Kier molecular flexibility index (Phi) is 2.79. The topological polar surface area (TPSA) is 9.23 Å². The monoisotopic (exact) mass is 131 g/mol. The highest BCUT2D eigenvalue weighted by Gasteiger charge is 2.11. The molecular weight excluding hydrogens is 120 g/mol. The zero-order valence-corrected chi connectivity index (χ0v) is 7.12. The maximum Gasteiger partial charge on any atom is 0.183 e. The minimum Gasteiger partial charge on any atom is -0.422 e. The van der Waals surface area contributed by atoms with Crippen molar-refractivity contribution in [1.29, 1.82) is 0 Å². The van der Waals surface area contributed by atoms with E-state index in [0.29, 0.717) is 6.23 Å². The lowest BCUT2D eigenvalue weighted by molar-refractivity contribution is 0.382. The van der Waals surface area contributed by atoms with E-state index in [1.165, 1.54) is 0 Å². The molecule has 0 aliphatic carbocycles. The van der Waals surface area contributed by atoms with Crippen LogP contribution in [0.15, 0.2) is 0 Å². The minimum atomic E-state index is -1.21. The lowest BCUT2D eigenvalue weighted by Crippen LogP contribution is -2.25. The van der Waals surface area contributed by atoms with E-state index in [9.17, 15) is 0 Å². The molecule has 0 aromatic carbocycles. The Morgan fingerprint density at radius 3 is 1.86 bits per heavy atom. The highest BCUT2D eigenvalue weighted by atomic mass is 28.4. The van der Waals surface area contributed by atoms with Gasteiger partial charge < -0.3 is 4.43 Å². The third-order valence-electron chi connectivity index (χ3n) is 0.505. The van der Waals surface area contributed by atoms with Crippen LogP contribution >= 0.6 is 0 Å². The number of rotatable bonds is 2. The smallest absolute Gasteiger partial charge is 0.183 e. The maximum atomic E-state index is 5.28. The zero-order chi connectivity index (χ0) is 5.91. The molecule has 0 saturated carbocycles. The van der Waals surface area contributed by atoms with Crippen LogP contribution in [0.4, 0.5) is 0 Å². The van der Waals surface area contributed by atoms with Crippen LogP contribution < -0.4 is 0 Å². The molecule has 0 aliphatic heterocycles. The molecule has 0 rings (SSSR count). The Labute approximate surface area is 49.6 Å². The summed E-state index contributed by atoms with van der Waals surface area (Å²) in [4.78, 5) is 0. The molecule has 0 bridgehead atoms. The largest absolute Gasteiger partial charge is 0.422 e. The molecular formula is C4H11OSi2. The number of hydrogen-bond donors (Lipinski definition) is 0. The third-order valence-corrected chi connectivity index (χ3v) is 1.95. The molecule has 1 nitrogen and oxygen atoms in total. The SMILES string of the molecule is C[Si](C)(C)OC[Si]. The lowest BCUT2D eigenvalue weighted by atomic mass is 11.7. The van der Waals surface area contributed by atoms with Gasteiger partial charge in [0, 0.05) is 6.23 Å². The molecule has 0 saturated heterocycles. The predicted molar refractivity (Wildman–Crippen MR) is 35.1 cm³/mol. The first-order valence-corrected chi connectivity index (χ1v) is 6.46. The second kappa shape index (κ2) is 2.64. The predicted octanol–water partition coefficient (Wildman–Crippen LogP) is 0.964. The van der Waals surface area contributed by atoms with E-state index in [-0.39, 0.29) is 0 Å². The van der Waals surface area contributed by atoms with Gasteiger partial charge in [-0.2, -0.15) is 0 Å². The van der Waals surface area contributed by atoms with E-state index in [4.69, 9.17) is 4.43 Å². The van der Waals surface area contributed by atoms with Gasteiger partial charge in [-0.3, -0.25) is 0 Å². The fourth-order valence-electron chi connectivity index (χ4n) is 0.217. The maximum absolute atomic E-state index is 5.28. The van der Waals surface area contributed by atoms with Crippen molar-refractivity contribution in [3.05, 3.63) is 0 Å². The van der Waals surface area contributed by atoms with Gasteiger partial charge in [0.25, 0.3) is 0 Å². The van der Waals surface area contributed by atoms with Crippen molar-refractivity contribution in [2.45, 2.75) is 19.6 Å². The van der Waals surface area contributed by atoms with Crippen molar-refractivity contribution >= 4 is 18.6 Å².